The van der Waals surface area contributed by atoms with Crippen molar-refractivity contribution in [3.63, 3.8) is 0 Å². The average Bonchev–Trinajstić information content (AvgIpc) is 2.90. The molecule has 4 nitrogen and oxygen atoms in total. The van der Waals surface area contributed by atoms with Gasteiger partial charge in [-0.3, -0.25) is 4.79 Å². The lowest BCUT2D eigenvalue weighted by molar-refractivity contribution is -0.123. The molecule has 1 aliphatic rings. The van der Waals surface area contributed by atoms with E-state index in [0.29, 0.717) is 18.3 Å². The number of benzene rings is 1. The van der Waals surface area contributed by atoms with Crippen LogP contribution in [-0.2, 0) is 11.3 Å². The fourth-order valence-corrected chi connectivity index (χ4v) is 2.69. The van der Waals surface area contributed by atoms with Gasteiger partial charge in [0.25, 0.3) is 5.91 Å². The van der Waals surface area contributed by atoms with Crippen LogP contribution in [0.2, 0.25) is 0 Å². The number of hydrogen-bond acceptors (Lipinski definition) is 3. The minimum atomic E-state index is -0.0517. The first-order valence-corrected chi connectivity index (χ1v) is 7.39. The summed E-state index contributed by atoms with van der Waals surface area (Å²) in [7, 11) is 0. The van der Waals surface area contributed by atoms with Crippen LogP contribution >= 0.6 is 15.9 Å². The molecular formula is C14H19BrN2O2. The number of ether oxygens (including phenoxy) is 1. The zero-order chi connectivity index (χ0) is 13.7. The number of carbonyl (C=O) groups excluding carboxylic acids is 1. The van der Waals surface area contributed by atoms with E-state index in [9.17, 15) is 4.79 Å². The third-order valence-corrected chi connectivity index (χ3v) is 4.10. The van der Waals surface area contributed by atoms with Gasteiger partial charge >= 0.3 is 0 Å². The fourth-order valence-electron chi connectivity index (χ4n) is 2.29. The summed E-state index contributed by atoms with van der Waals surface area (Å²) in [6, 6.07) is 5.89. The third kappa shape index (κ3) is 4.21. The van der Waals surface area contributed by atoms with E-state index >= 15 is 0 Å². The Kier molecular flexibility index (Phi) is 5.22. The van der Waals surface area contributed by atoms with Gasteiger partial charge in [-0.05, 0) is 36.6 Å². The second kappa shape index (κ2) is 6.91. The number of carbonyl (C=O) groups is 1. The Balaban J connectivity index is 1.82. The summed E-state index contributed by atoms with van der Waals surface area (Å²) in [5, 5.41) is 2.99. The minimum absolute atomic E-state index is 0.0517. The van der Waals surface area contributed by atoms with Crippen LogP contribution in [0.15, 0.2) is 22.7 Å². The van der Waals surface area contributed by atoms with E-state index < -0.39 is 0 Å². The summed E-state index contributed by atoms with van der Waals surface area (Å²) in [5.41, 5.74) is 6.59. The van der Waals surface area contributed by atoms with Gasteiger partial charge in [-0.15, -0.1) is 0 Å². The highest BCUT2D eigenvalue weighted by atomic mass is 79.9. The molecule has 0 spiro atoms. The van der Waals surface area contributed by atoms with E-state index in [1.807, 2.05) is 18.2 Å². The molecule has 0 aliphatic heterocycles. The van der Waals surface area contributed by atoms with E-state index in [1.54, 1.807) is 0 Å². The van der Waals surface area contributed by atoms with Crippen molar-refractivity contribution in [3.8, 4) is 5.75 Å². The number of nitrogens with one attached hydrogen (secondary N) is 1. The minimum Gasteiger partial charge on any atom is -0.484 e. The quantitative estimate of drug-likeness (QED) is 0.872. The van der Waals surface area contributed by atoms with Gasteiger partial charge in [-0.25, -0.2) is 0 Å². The third-order valence-electron chi connectivity index (χ3n) is 3.33. The molecule has 0 atom stereocenters. The molecule has 0 heterocycles. The molecule has 1 saturated carbocycles. The summed E-state index contributed by atoms with van der Waals surface area (Å²) in [5.74, 6) is 0.620. The van der Waals surface area contributed by atoms with Crippen molar-refractivity contribution in [1.82, 2.24) is 5.32 Å². The molecule has 0 unspecified atom stereocenters. The van der Waals surface area contributed by atoms with Crippen LogP contribution in [0.4, 0.5) is 0 Å². The van der Waals surface area contributed by atoms with Crippen molar-refractivity contribution in [2.75, 3.05) is 6.61 Å². The molecular weight excluding hydrogens is 308 g/mol. The van der Waals surface area contributed by atoms with Crippen molar-refractivity contribution >= 4 is 21.8 Å². The molecule has 5 heteroatoms. The van der Waals surface area contributed by atoms with Gasteiger partial charge < -0.3 is 15.8 Å². The molecule has 1 aromatic rings. The van der Waals surface area contributed by atoms with Gasteiger partial charge in [-0.1, -0.05) is 28.8 Å². The molecule has 0 radical (unpaired) electrons. The summed E-state index contributed by atoms with van der Waals surface area (Å²) in [4.78, 5) is 11.7. The fraction of sp³-hybridized carbons (Fsp3) is 0.500. The van der Waals surface area contributed by atoms with Crippen LogP contribution < -0.4 is 15.8 Å². The Morgan fingerprint density at radius 3 is 2.84 bits per heavy atom. The summed E-state index contributed by atoms with van der Waals surface area (Å²) in [6.45, 7) is 0.494. The lowest BCUT2D eigenvalue weighted by atomic mass is 10.2. The topological polar surface area (TPSA) is 64.3 Å². The maximum absolute atomic E-state index is 11.7. The maximum Gasteiger partial charge on any atom is 0.258 e. The Labute approximate surface area is 121 Å². The Bertz CT molecular complexity index is 445. The predicted molar refractivity (Wildman–Crippen MR) is 77.9 cm³/mol. The highest BCUT2D eigenvalue weighted by Gasteiger charge is 2.17. The molecule has 19 heavy (non-hydrogen) atoms. The second-order valence-electron chi connectivity index (χ2n) is 4.79. The largest absolute Gasteiger partial charge is 0.484 e. The molecule has 0 saturated heterocycles. The Morgan fingerprint density at radius 2 is 2.16 bits per heavy atom. The first-order valence-electron chi connectivity index (χ1n) is 6.59. The van der Waals surface area contributed by atoms with Gasteiger partial charge in [0.1, 0.15) is 5.75 Å². The smallest absolute Gasteiger partial charge is 0.258 e. The van der Waals surface area contributed by atoms with Crippen LogP contribution in [-0.4, -0.2) is 18.6 Å². The van der Waals surface area contributed by atoms with E-state index in [1.165, 1.54) is 12.8 Å². The number of amides is 1. The van der Waals surface area contributed by atoms with E-state index in [0.717, 1.165) is 22.9 Å². The van der Waals surface area contributed by atoms with Crippen molar-refractivity contribution in [2.24, 2.45) is 5.73 Å². The highest BCUT2D eigenvalue weighted by Crippen LogP contribution is 2.22. The standard InChI is InChI=1S/C14H19BrN2O2/c15-13-6-5-12(7-10(13)8-16)19-9-14(18)17-11-3-1-2-4-11/h5-7,11H,1-4,8-9,16H2,(H,17,18). The molecule has 2 rings (SSSR count). The van der Waals surface area contributed by atoms with Crippen LogP contribution in [0.1, 0.15) is 31.2 Å². The monoisotopic (exact) mass is 326 g/mol. The van der Waals surface area contributed by atoms with E-state index in [2.05, 4.69) is 21.2 Å². The predicted octanol–water partition coefficient (Wildman–Crippen LogP) is 2.35. The maximum atomic E-state index is 11.7. The first kappa shape index (κ1) is 14.3. The Morgan fingerprint density at radius 1 is 1.42 bits per heavy atom. The SMILES string of the molecule is NCc1cc(OCC(=O)NC2CCCC2)ccc1Br. The van der Waals surface area contributed by atoms with Crippen molar-refractivity contribution in [3.05, 3.63) is 28.2 Å². The molecule has 1 amide bonds. The van der Waals surface area contributed by atoms with Crippen molar-refractivity contribution in [1.29, 1.82) is 0 Å². The number of halogens is 1. The molecule has 1 aromatic carbocycles. The number of rotatable bonds is 5. The van der Waals surface area contributed by atoms with Gasteiger partial charge in [0, 0.05) is 17.1 Å². The van der Waals surface area contributed by atoms with E-state index in [4.69, 9.17) is 10.5 Å². The molecule has 104 valence electrons. The molecule has 0 bridgehead atoms. The summed E-state index contributed by atoms with van der Waals surface area (Å²) < 4.78 is 6.44. The van der Waals surface area contributed by atoms with Crippen molar-refractivity contribution in [2.45, 2.75) is 38.3 Å². The summed E-state index contributed by atoms with van der Waals surface area (Å²) >= 11 is 3.41. The van der Waals surface area contributed by atoms with Gasteiger partial charge in [-0.2, -0.15) is 0 Å². The lowest BCUT2D eigenvalue weighted by Gasteiger charge is -2.13. The van der Waals surface area contributed by atoms with Crippen LogP contribution in [0, 0.1) is 0 Å². The van der Waals surface area contributed by atoms with Crippen LogP contribution in [0.3, 0.4) is 0 Å². The van der Waals surface area contributed by atoms with Crippen LogP contribution in [0.5, 0.6) is 5.75 Å². The zero-order valence-electron chi connectivity index (χ0n) is 10.8. The molecule has 1 fully saturated rings. The molecule has 1 aliphatic carbocycles. The van der Waals surface area contributed by atoms with Gasteiger partial charge in [0.15, 0.2) is 6.61 Å². The highest BCUT2D eigenvalue weighted by molar-refractivity contribution is 9.10. The van der Waals surface area contributed by atoms with E-state index in [-0.39, 0.29) is 12.5 Å². The normalized spacial score (nSPS) is 15.5. The number of nitrogens with two attached hydrogens (primary N) is 1. The lowest BCUT2D eigenvalue weighted by Crippen LogP contribution is -2.36. The average molecular weight is 327 g/mol. The summed E-state index contributed by atoms with van der Waals surface area (Å²) in [6.07, 6.45) is 4.58. The Hall–Kier alpha value is -1.07. The molecule has 3 N–H and O–H groups in total. The molecule has 0 aromatic heterocycles. The second-order valence-corrected chi connectivity index (χ2v) is 5.65. The van der Waals surface area contributed by atoms with Gasteiger partial charge in [0.2, 0.25) is 0 Å². The van der Waals surface area contributed by atoms with Gasteiger partial charge in [0.05, 0.1) is 0 Å². The first-order chi connectivity index (χ1) is 9.19. The zero-order valence-corrected chi connectivity index (χ0v) is 12.4. The number of hydrogen-bond donors (Lipinski definition) is 2. The van der Waals surface area contributed by atoms with Crippen LogP contribution in [0.25, 0.3) is 0 Å². The van der Waals surface area contributed by atoms with Crippen molar-refractivity contribution < 1.29 is 9.53 Å².